The van der Waals surface area contributed by atoms with Crippen LogP contribution in [0.4, 0.5) is 11.4 Å². The Balaban J connectivity index is 0.00000196. The first-order chi connectivity index (χ1) is 12.2. The number of hydrogen-bond donors (Lipinski definition) is 0. The lowest BCUT2D eigenvalue weighted by Gasteiger charge is -2.45. The van der Waals surface area contributed by atoms with Gasteiger partial charge in [0.25, 0.3) is 0 Å². The highest BCUT2D eigenvalue weighted by Crippen LogP contribution is 2.29. The van der Waals surface area contributed by atoms with Gasteiger partial charge >= 0.3 is 0 Å². The molecule has 26 heavy (non-hydrogen) atoms. The van der Waals surface area contributed by atoms with Gasteiger partial charge in [-0.15, -0.1) is 12.4 Å². The number of halogens is 1. The number of piperazine rings is 1. The molecule has 4 rings (SSSR count). The smallest absolute Gasteiger partial charge is 0.0793 e. The van der Waals surface area contributed by atoms with Gasteiger partial charge < -0.3 is 9.80 Å². The van der Waals surface area contributed by atoms with Gasteiger partial charge in [-0.05, 0) is 50.5 Å². The van der Waals surface area contributed by atoms with Crippen molar-refractivity contribution in [3.63, 3.8) is 0 Å². The molecule has 1 fully saturated rings. The van der Waals surface area contributed by atoms with Crippen molar-refractivity contribution in [3.8, 4) is 0 Å². The fourth-order valence-electron chi connectivity index (χ4n) is 4.26. The average Bonchev–Trinajstić information content (AvgIpc) is 2.68. The van der Waals surface area contributed by atoms with E-state index in [9.17, 15) is 0 Å². The van der Waals surface area contributed by atoms with E-state index in [2.05, 4.69) is 77.1 Å². The molecule has 2 aromatic rings. The SMILES string of the molecule is Cc1ccc(N2CCN(C(C)N3CCCc4ccccc43)CC2)cc1.Cl. The molecule has 0 amide bonds. The van der Waals surface area contributed by atoms with Crippen molar-refractivity contribution in [2.24, 2.45) is 0 Å². The predicted molar refractivity (Wildman–Crippen MR) is 114 cm³/mol. The third kappa shape index (κ3) is 3.84. The third-order valence-corrected chi connectivity index (χ3v) is 5.84. The molecule has 2 aliphatic heterocycles. The number of para-hydroxylation sites is 1. The number of aryl methyl sites for hydroxylation is 2. The minimum atomic E-state index is 0. The summed E-state index contributed by atoms with van der Waals surface area (Å²) in [7, 11) is 0. The molecule has 2 aliphatic rings. The van der Waals surface area contributed by atoms with Gasteiger partial charge in [0.2, 0.25) is 0 Å². The average molecular weight is 372 g/mol. The highest BCUT2D eigenvalue weighted by Gasteiger charge is 2.28. The highest BCUT2D eigenvalue weighted by molar-refractivity contribution is 5.85. The van der Waals surface area contributed by atoms with Crippen molar-refractivity contribution in [3.05, 3.63) is 59.7 Å². The number of nitrogens with zero attached hydrogens (tertiary/aromatic N) is 3. The second-order valence-electron chi connectivity index (χ2n) is 7.42. The van der Waals surface area contributed by atoms with Gasteiger partial charge in [0, 0.05) is 44.1 Å². The molecule has 1 saturated heterocycles. The maximum atomic E-state index is 2.65. The standard InChI is InChI=1S/C22H29N3.ClH/c1-18-9-11-21(12-10-18)24-16-14-23(15-17-24)19(2)25-13-5-7-20-6-3-4-8-22(20)25;/h3-4,6,8-12,19H,5,7,13-17H2,1-2H3;1H. The number of anilines is 2. The zero-order valence-electron chi connectivity index (χ0n) is 15.9. The summed E-state index contributed by atoms with van der Waals surface area (Å²) >= 11 is 0. The van der Waals surface area contributed by atoms with Crippen LogP contribution < -0.4 is 9.80 Å². The van der Waals surface area contributed by atoms with E-state index in [-0.39, 0.29) is 12.4 Å². The molecule has 0 spiro atoms. The molecule has 0 bridgehead atoms. The van der Waals surface area contributed by atoms with E-state index in [1.54, 1.807) is 0 Å². The van der Waals surface area contributed by atoms with Crippen LogP contribution in [0.25, 0.3) is 0 Å². The van der Waals surface area contributed by atoms with Gasteiger partial charge in [0.1, 0.15) is 0 Å². The summed E-state index contributed by atoms with van der Waals surface area (Å²) in [5.41, 5.74) is 5.65. The zero-order chi connectivity index (χ0) is 17.2. The monoisotopic (exact) mass is 371 g/mol. The summed E-state index contributed by atoms with van der Waals surface area (Å²) in [6.07, 6.45) is 2.97. The van der Waals surface area contributed by atoms with Crippen LogP contribution in [0.15, 0.2) is 48.5 Å². The lowest BCUT2D eigenvalue weighted by molar-refractivity contribution is 0.189. The minimum Gasteiger partial charge on any atom is -0.369 e. The van der Waals surface area contributed by atoms with Crippen molar-refractivity contribution in [2.75, 3.05) is 42.5 Å². The first kappa shape index (κ1) is 19.1. The molecule has 0 saturated carbocycles. The summed E-state index contributed by atoms with van der Waals surface area (Å²) in [6, 6.07) is 17.9. The topological polar surface area (TPSA) is 9.72 Å². The van der Waals surface area contributed by atoms with Gasteiger partial charge in [-0.25, -0.2) is 0 Å². The van der Waals surface area contributed by atoms with Crippen molar-refractivity contribution in [2.45, 2.75) is 32.9 Å². The van der Waals surface area contributed by atoms with Gasteiger partial charge in [0.05, 0.1) is 6.17 Å². The molecule has 1 unspecified atom stereocenters. The normalized spacial score (nSPS) is 18.8. The van der Waals surface area contributed by atoms with Crippen LogP contribution in [0, 0.1) is 6.92 Å². The van der Waals surface area contributed by atoms with E-state index in [4.69, 9.17) is 0 Å². The summed E-state index contributed by atoms with van der Waals surface area (Å²) in [5, 5.41) is 0. The number of rotatable bonds is 3. The van der Waals surface area contributed by atoms with E-state index >= 15 is 0 Å². The van der Waals surface area contributed by atoms with Gasteiger partial charge in [-0.1, -0.05) is 35.9 Å². The molecule has 1 atom stereocenters. The zero-order valence-corrected chi connectivity index (χ0v) is 16.7. The molecule has 2 heterocycles. The second kappa shape index (κ2) is 8.32. The summed E-state index contributed by atoms with van der Waals surface area (Å²) in [6.45, 7) is 10.2. The Hall–Kier alpha value is -1.71. The van der Waals surface area contributed by atoms with Crippen molar-refractivity contribution in [1.29, 1.82) is 0 Å². The van der Waals surface area contributed by atoms with Gasteiger partial charge in [-0.3, -0.25) is 4.90 Å². The Bertz CT molecular complexity index is 708. The van der Waals surface area contributed by atoms with Gasteiger partial charge in [-0.2, -0.15) is 0 Å². The van der Waals surface area contributed by atoms with E-state index < -0.39 is 0 Å². The summed E-state index contributed by atoms with van der Waals surface area (Å²) in [4.78, 5) is 7.78. The maximum absolute atomic E-state index is 2.65. The first-order valence-electron chi connectivity index (χ1n) is 9.62. The molecule has 0 aliphatic carbocycles. The molecule has 0 N–H and O–H groups in total. The van der Waals surface area contributed by atoms with Crippen molar-refractivity contribution >= 4 is 23.8 Å². The molecule has 140 valence electrons. The van der Waals surface area contributed by atoms with Gasteiger partial charge in [0.15, 0.2) is 0 Å². The Labute approximate surface area is 164 Å². The Morgan fingerprint density at radius 3 is 2.27 bits per heavy atom. The third-order valence-electron chi connectivity index (χ3n) is 5.84. The quantitative estimate of drug-likeness (QED) is 0.794. The van der Waals surface area contributed by atoms with E-state index in [1.165, 1.54) is 41.9 Å². The number of fused-ring (bicyclic) bond motifs is 1. The highest BCUT2D eigenvalue weighted by atomic mass is 35.5. The molecular weight excluding hydrogens is 342 g/mol. The molecule has 3 nitrogen and oxygen atoms in total. The fourth-order valence-corrected chi connectivity index (χ4v) is 4.26. The van der Waals surface area contributed by atoms with Crippen LogP contribution in [0.2, 0.25) is 0 Å². The molecule has 4 heteroatoms. The first-order valence-corrected chi connectivity index (χ1v) is 9.62. The minimum absolute atomic E-state index is 0. The van der Waals surface area contributed by atoms with E-state index in [0.29, 0.717) is 6.17 Å². The lowest BCUT2D eigenvalue weighted by Crippen LogP contribution is -2.56. The van der Waals surface area contributed by atoms with E-state index in [1.807, 2.05) is 0 Å². The summed E-state index contributed by atoms with van der Waals surface area (Å²) in [5.74, 6) is 0. The fraction of sp³-hybridized carbons (Fsp3) is 0.455. The lowest BCUT2D eigenvalue weighted by atomic mass is 10.0. The Morgan fingerprint density at radius 1 is 0.846 bits per heavy atom. The summed E-state index contributed by atoms with van der Waals surface area (Å²) < 4.78 is 0. The molecule has 2 aromatic carbocycles. The predicted octanol–water partition coefficient (Wildman–Crippen LogP) is 4.34. The van der Waals surface area contributed by atoms with Crippen LogP contribution in [-0.2, 0) is 6.42 Å². The number of benzene rings is 2. The molecular formula is C22H30ClN3. The van der Waals surface area contributed by atoms with Crippen LogP contribution in [-0.4, -0.2) is 43.8 Å². The largest absolute Gasteiger partial charge is 0.369 e. The maximum Gasteiger partial charge on any atom is 0.0793 e. The van der Waals surface area contributed by atoms with E-state index in [0.717, 1.165) is 26.2 Å². The van der Waals surface area contributed by atoms with Crippen LogP contribution in [0.5, 0.6) is 0 Å². The number of hydrogen-bond acceptors (Lipinski definition) is 3. The second-order valence-corrected chi connectivity index (χ2v) is 7.42. The Kier molecular flexibility index (Phi) is 6.10. The van der Waals surface area contributed by atoms with Crippen molar-refractivity contribution in [1.82, 2.24) is 4.90 Å². The van der Waals surface area contributed by atoms with Crippen LogP contribution in [0.1, 0.15) is 24.5 Å². The Morgan fingerprint density at radius 2 is 1.54 bits per heavy atom. The van der Waals surface area contributed by atoms with Crippen LogP contribution in [0.3, 0.4) is 0 Å². The molecule has 0 radical (unpaired) electrons. The molecule has 0 aromatic heterocycles. The van der Waals surface area contributed by atoms with Crippen LogP contribution >= 0.6 is 12.4 Å². The van der Waals surface area contributed by atoms with Crippen molar-refractivity contribution < 1.29 is 0 Å².